The van der Waals surface area contributed by atoms with Gasteiger partial charge in [0.25, 0.3) is 0 Å². The minimum Gasteiger partial charge on any atom is -0.335 e. The smallest absolute Gasteiger partial charge is 0.190 e. The zero-order valence-corrected chi connectivity index (χ0v) is 16.8. The fourth-order valence-electron chi connectivity index (χ4n) is 2.95. The molecule has 0 atom stereocenters. The lowest BCUT2D eigenvalue weighted by Gasteiger charge is -2.03. The molecular formula is C23H29N5. The van der Waals surface area contributed by atoms with Crippen molar-refractivity contribution in [2.45, 2.75) is 52.4 Å². The summed E-state index contributed by atoms with van der Waals surface area (Å²) in [4.78, 5) is 12.7. The van der Waals surface area contributed by atoms with Crippen LogP contribution in [0.25, 0.3) is 11.0 Å². The molecule has 5 heteroatoms. The Balaban J connectivity index is 1.72. The van der Waals surface area contributed by atoms with Gasteiger partial charge in [0.15, 0.2) is 11.7 Å². The number of nitrogens with one attached hydrogen (secondary N) is 2. The lowest BCUT2D eigenvalue weighted by atomic mass is 10.1. The molecule has 0 fully saturated rings. The van der Waals surface area contributed by atoms with Crippen LogP contribution < -0.4 is 5.43 Å². The van der Waals surface area contributed by atoms with Gasteiger partial charge in [0, 0.05) is 6.21 Å². The van der Waals surface area contributed by atoms with Crippen LogP contribution in [0.2, 0.25) is 0 Å². The summed E-state index contributed by atoms with van der Waals surface area (Å²) in [6.45, 7) is 4.30. The molecule has 1 heterocycles. The maximum Gasteiger partial charge on any atom is 0.190 e. The Kier molecular flexibility index (Phi) is 7.36. The molecule has 0 saturated carbocycles. The van der Waals surface area contributed by atoms with Gasteiger partial charge < -0.3 is 4.98 Å². The van der Waals surface area contributed by atoms with Gasteiger partial charge in [-0.1, -0.05) is 62.4 Å². The molecule has 2 N–H and O–H groups in total. The predicted octanol–water partition coefficient (Wildman–Crippen LogP) is 5.89. The number of para-hydroxylation sites is 2. The second-order valence-corrected chi connectivity index (χ2v) is 7.02. The van der Waals surface area contributed by atoms with E-state index in [2.05, 4.69) is 46.5 Å². The van der Waals surface area contributed by atoms with E-state index in [0.717, 1.165) is 23.1 Å². The number of fused-ring (bicyclic) bond motifs is 1. The van der Waals surface area contributed by atoms with E-state index in [1.165, 1.54) is 37.7 Å². The number of imidazole rings is 1. The van der Waals surface area contributed by atoms with E-state index in [9.17, 15) is 0 Å². The molecule has 3 aromatic rings. The van der Waals surface area contributed by atoms with E-state index >= 15 is 0 Å². The summed E-state index contributed by atoms with van der Waals surface area (Å²) in [6.07, 6.45) is 9.21. The Morgan fingerprint density at radius 2 is 1.82 bits per heavy atom. The van der Waals surface area contributed by atoms with Gasteiger partial charge in [-0.3, -0.25) is 5.43 Å². The number of benzene rings is 2. The second-order valence-electron chi connectivity index (χ2n) is 7.02. The number of rotatable bonds is 9. The third-order valence-electron chi connectivity index (χ3n) is 4.59. The summed E-state index contributed by atoms with van der Waals surface area (Å²) in [6, 6.07) is 16.1. The number of aromatic amines is 1. The van der Waals surface area contributed by atoms with Crippen LogP contribution in [0.5, 0.6) is 0 Å². The first-order valence-corrected chi connectivity index (χ1v) is 10.1. The Morgan fingerprint density at radius 3 is 2.61 bits per heavy atom. The van der Waals surface area contributed by atoms with Gasteiger partial charge in [-0.25, -0.2) is 9.98 Å². The lowest BCUT2D eigenvalue weighted by Crippen LogP contribution is -2.20. The van der Waals surface area contributed by atoms with Crippen molar-refractivity contribution in [2.24, 2.45) is 10.1 Å². The number of nitrogens with zero attached hydrogens (tertiary/aromatic N) is 3. The summed E-state index contributed by atoms with van der Waals surface area (Å²) in [5.74, 6) is 1.30. The molecular weight excluding hydrogens is 346 g/mol. The maximum absolute atomic E-state index is 4.72. The highest BCUT2D eigenvalue weighted by molar-refractivity contribution is 5.99. The monoisotopic (exact) mass is 375 g/mol. The molecule has 2 aromatic carbocycles. The average Bonchev–Trinajstić information content (AvgIpc) is 3.15. The minimum absolute atomic E-state index is 0.613. The summed E-state index contributed by atoms with van der Waals surface area (Å²) in [7, 11) is 0. The van der Waals surface area contributed by atoms with E-state index in [-0.39, 0.29) is 0 Å². The van der Waals surface area contributed by atoms with Crippen LogP contribution in [-0.2, 0) is 0 Å². The van der Waals surface area contributed by atoms with Crippen LogP contribution in [0, 0.1) is 6.92 Å². The zero-order chi connectivity index (χ0) is 19.6. The van der Waals surface area contributed by atoms with Gasteiger partial charge in [-0.05, 0) is 44.0 Å². The number of hydrogen-bond donors (Lipinski definition) is 2. The number of aromatic nitrogens is 2. The molecule has 146 valence electrons. The number of aliphatic imine (C=N–C) groups is 1. The van der Waals surface area contributed by atoms with Crippen molar-refractivity contribution in [1.82, 2.24) is 15.4 Å². The highest BCUT2D eigenvalue weighted by atomic mass is 15.3. The van der Waals surface area contributed by atoms with E-state index in [4.69, 9.17) is 4.99 Å². The third-order valence-corrected chi connectivity index (χ3v) is 4.59. The van der Waals surface area contributed by atoms with Gasteiger partial charge in [-0.2, -0.15) is 5.10 Å². The minimum atomic E-state index is 0.613. The van der Waals surface area contributed by atoms with Gasteiger partial charge in [0.1, 0.15) is 0 Å². The third kappa shape index (κ3) is 5.78. The van der Waals surface area contributed by atoms with E-state index in [1.807, 2.05) is 42.6 Å². The first-order valence-electron chi connectivity index (χ1n) is 10.1. The fourth-order valence-corrected chi connectivity index (χ4v) is 2.95. The van der Waals surface area contributed by atoms with Crippen molar-refractivity contribution in [3.63, 3.8) is 0 Å². The molecule has 0 bridgehead atoms. The summed E-state index contributed by atoms with van der Waals surface area (Å²) in [5, 5.41) is 4.38. The molecule has 28 heavy (non-hydrogen) atoms. The number of amidine groups is 1. The van der Waals surface area contributed by atoms with Gasteiger partial charge in [0.05, 0.1) is 16.7 Å². The first-order chi connectivity index (χ1) is 13.8. The Labute approximate surface area is 167 Å². The van der Waals surface area contributed by atoms with E-state index in [1.54, 1.807) is 0 Å². The maximum atomic E-state index is 4.72. The molecule has 3 rings (SSSR count). The van der Waals surface area contributed by atoms with Gasteiger partial charge >= 0.3 is 0 Å². The van der Waals surface area contributed by atoms with Gasteiger partial charge in [-0.15, -0.1) is 0 Å². The number of unbranched alkanes of at least 4 members (excludes halogenated alkanes) is 5. The molecule has 0 spiro atoms. The van der Waals surface area contributed by atoms with Crippen LogP contribution in [0.1, 0.15) is 56.8 Å². The standard InChI is InChI=1S/C23H29N5/c1-3-4-5-6-7-10-17-24-28-23(25-19-15-13-18(2)14-16-19)22-26-20-11-8-9-12-21(20)27-22/h8-9,11-17H,3-7,10H2,1-2H3,(H,25,28)(H,26,27). The molecule has 1 aromatic heterocycles. The molecule has 0 unspecified atom stereocenters. The van der Waals surface area contributed by atoms with Crippen molar-refractivity contribution < 1.29 is 0 Å². The molecule has 0 saturated heterocycles. The summed E-state index contributed by atoms with van der Waals surface area (Å²) >= 11 is 0. The highest BCUT2D eigenvalue weighted by Gasteiger charge is 2.09. The van der Waals surface area contributed by atoms with Crippen LogP contribution in [0.4, 0.5) is 5.69 Å². The molecule has 0 aliphatic heterocycles. The predicted molar refractivity (Wildman–Crippen MR) is 118 cm³/mol. The number of H-pyrrole nitrogens is 1. The first kappa shape index (κ1) is 19.8. The fraction of sp³-hybridized carbons (Fsp3) is 0.348. The molecule has 0 aliphatic rings. The van der Waals surface area contributed by atoms with Crippen molar-refractivity contribution in [1.29, 1.82) is 0 Å². The van der Waals surface area contributed by atoms with Crippen molar-refractivity contribution in [2.75, 3.05) is 0 Å². The highest BCUT2D eigenvalue weighted by Crippen LogP contribution is 2.16. The van der Waals surface area contributed by atoms with Gasteiger partial charge in [0.2, 0.25) is 0 Å². The van der Waals surface area contributed by atoms with E-state index in [0.29, 0.717) is 11.7 Å². The summed E-state index contributed by atoms with van der Waals surface area (Å²) in [5.41, 5.74) is 7.05. The number of hydrazone groups is 1. The molecule has 0 amide bonds. The molecule has 0 aliphatic carbocycles. The Bertz CT molecular complexity index is 889. The van der Waals surface area contributed by atoms with Crippen LogP contribution in [0.15, 0.2) is 58.6 Å². The second kappa shape index (κ2) is 10.4. The summed E-state index contributed by atoms with van der Waals surface area (Å²) < 4.78 is 0. The van der Waals surface area contributed by atoms with Crippen molar-refractivity contribution in [3.05, 3.63) is 59.9 Å². The van der Waals surface area contributed by atoms with Crippen LogP contribution >= 0.6 is 0 Å². The lowest BCUT2D eigenvalue weighted by molar-refractivity contribution is 0.644. The zero-order valence-electron chi connectivity index (χ0n) is 16.8. The number of aryl methyl sites for hydroxylation is 1. The van der Waals surface area contributed by atoms with Crippen LogP contribution in [0.3, 0.4) is 0 Å². The average molecular weight is 376 g/mol. The molecule has 5 nitrogen and oxygen atoms in total. The Morgan fingerprint density at radius 1 is 1.04 bits per heavy atom. The normalized spacial score (nSPS) is 12.1. The SMILES string of the molecule is CCCCCCCC=NNC(=Nc1ccc(C)cc1)c1nc2ccccc2[nH]1. The molecule has 0 radical (unpaired) electrons. The van der Waals surface area contributed by atoms with E-state index < -0.39 is 0 Å². The quantitative estimate of drug-likeness (QED) is 0.212. The van der Waals surface area contributed by atoms with Crippen LogP contribution in [-0.4, -0.2) is 22.0 Å². The largest absolute Gasteiger partial charge is 0.335 e. The Hall–Kier alpha value is -2.95. The number of hydrogen-bond acceptors (Lipinski definition) is 3. The van der Waals surface area contributed by atoms with Crippen molar-refractivity contribution in [3.8, 4) is 0 Å². The van der Waals surface area contributed by atoms with Crippen molar-refractivity contribution >= 4 is 28.8 Å². The topological polar surface area (TPSA) is 65.4 Å².